The molecule has 1 fully saturated rings. The number of methoxy groups -OCH3 is 1. The summed E-state index contributed by atoms with van der Waals surface area (Å²) in [6.07, 6.45) is 4.16. The molecule has 0 atom stereocenters. The van der Waals surface area contributed by atoms with Gasteiger partial charge >= 0.3 is 0 Å². The first-order valence-corrected chi connectivity index (χ1v) is 11.7. The Kier molecular flexibility index (Phi) is 7.15. The summed E-state index contributed by atoms with van der Waals surface area (Å²) in [6, 6.07) is 16.3. The Balaban J connectivity index is 1.37. The molecule has 1 N–H and O–H groups in total. The van der Waals surface area contributed by atoms with E-state index in [1.54, 1.807) is 7.11 Å². The molecule has 0 radical (unpaired) electrons. The van der Waals surface area contributed by atoms with Crippen LogP contribution in [0.3, 0.4) is 0 Å². The molecule has 1 aliphatic rings. The van der Waals surface area contributed by atoms with Crippen LogP contribution in [0.15, 0.2) is 54.7 Å². The second-order valence-electron chi connectivity index (χ2n) is 9.42. The summed E-state index contributed by atoms with van der Waals surface area (Å²) >= 11 is 0. The SMILES string of the molecule is COc1ccccc1CN1CCC(CN(CC(C)C)C(=O)c2ccc3cc[nH]c3c2)CC1. The maximum absolute atomic E-state index is 13.4. The first-order valence-electron chi connectivity index (χ1n) is 11.7. The largest absolute Gasteiger partial charge is 0.496 e. The molecule has 1 amide bonds. The van der Waals surface area contributed by atoms with E-state index >= 15 is 0 Å². The third-order valence-corrected chi connectivity index (χ3v) is 6.45. The molecule has 3 aromatic rings. The van der Waals surface area contributed by atoms with Gasteiger partial charge in [0.05, 0.1) is 7.11 Å². The zero-order valence-corrected chi connectivity index (χ0v) is 19.5. The van der Waals surface area contributed by atoms with Crippen LogP contribution in [0.25, 0.3) is 10.9 Å². The lowest BCUT2D eigenvalue weighted by atomic mass is 9.95. The highest BCUT2D eigenvalue weighted by molar-refractivity contribution is 5.98. The van der Waals surface area contributed by atoms with Crippen molar-refractivity contribution < 1.29 is 9.53 Å². The summed E-state index contributed by atoms with van der Waals surface area (Å²) in [5, 5.41) is 1.14. The summed E-state index contributed by atoms with van der Waals surface area (Å²) in [5.74, 6) is 2.09. The van der Waals surface area contributed by atoms with Crippen molar-refractivity contribution in [3.63, 3.8) is 0 Å². The fourth-order valence-corrected chi connectivity index (χ4v) is 4.76. The van der Waals surface area contributed by atoms with Gasteiger partial charge in [0, 0.05) is 42.5 Å². The van der Waals surface area contributed by atoms with E-state index in [0.717, 1.165) is 67.8 Å². The minimum Gasteiger partial charge on any atom is -0.496 e. The number of fused-ring (bicyclic) bond motifs is 1. The van der Waals surface area contributed by atoms with Gasteiger partial charge in [0.2, 0.25) is 0 Å². The van der Waals surface area contributed by atoms with Gasteiger partial charge in [-0.15, -0.1) is 0 Å². The Morgan fingerprint density at radius 2 is 1.94 bits per heavy atom. The van der Waals surface area contributed by atoms with E-state index in [4.69, 9.17) is 4.74 Å². The molecule has 32 heavy (non-hydrogen) atoms. The minimum absolute atomic E-state index is 0.145. The number of carbonyl (C=O) groups is 1. The molecule has 170 valence electrons. The fourth-order valence-electron chi connectivity index (χ4n) is 4.76. The molecule has 0 aliphatic carbocycles. The van der Waals surface area contributed by atoms with Crippen molar-refractivity contribution in [1.29, 1.82) is 0 Å². The number of ether oxygens (including phenoxy) is 1. The number of benzene rings is 2. The maximum atomic E-state index is 13.4. The quantitative estimate of drug-likeness (QED) is 0.532. The van der Waals surface area contributed by atoms with Crippen LogP contribution in [-0.4, -0.2) is 54.0 Å². The zero-order valence-electron chi connectivity index (χ0n) is 19.5. The van der Waals surface area contributed by atoms with Gasteiger partial charge in [-0.1, -0.05) is 38.1 Å². The molecule has 4 rings (SSSR count). The van der Waals surface area contributed by atoms with Gasteiger partial charge in [-0.05, 0) is 67.4 Å². The van der Waals surface area contributed by atoms with Gasteiger partial charge in [0.1, 0.15) is 5.75 Å². The van der Waals surface area contributed by atoms with Crippen molar-refractivity contribution in [1.82, 2.24) is 14.8 Å². The molecule has 0 bridgehead atoms. The van der Waals surface area contributed by atoms with Crippen LogP contribution in [0.1, 0.15) is 42.6 Å². The number of amides is 1. The number of nitrogens with zero attached hydrogens (tertiary/aromatic N) is 2. The number of rotatable bonds is 8. The Labute approximate surface area is 191 Å². The Bertz CT molecular complexity index is 1030. The van der Waals surface area contributed by atoms with Crippen LogP contribution in [0.2, 0.25) is 0 Å². The van der Waals surface area contributed by atoms with Crippen molar-refractivity contribution in [3.05, 3.63) is 65.9 Å². The van der Waals surface area contributed by atoms with Crippen LogP contribution in [-0.2, 0) is 6.54 Å². The molecule has 1 aromatic heterocycles. The van der Waals surface area contributed by atoms with E-state index in [2.05, 4.69) is 40.8 Å². The molecule has 5 nitrogen and oxygen atoms in total. The number of hydrogen-bond acceptors (Lipinski definition) is 3. The van der Waals surface area contributed by atoms with E-state index in [1.165, 1.54) is 5.56 Å². The molecular formula is C27H35N3O2. The molecule has 5 heteroatoms. The maximum Gasteiger partial charge on any atom is 0.253 e. The normalized spacial score (nSPS) is 15.4. The smallest absolute Gasteiger partial charge is 0.253 e. The second-order valence-corrected chi connectivity index (χ2v) is 9.42. The summed E-state index contributed by atoms with van der Waals surface area (Å²) in [6.45, 7) is 9.03. The standard InChI is InChI=1S/C27H35N3O2/c1-20(2)17-30(27(31)23-9-8-22-10-13-28-25(22)16-23)18-21-11-14-29(15-12-21)19-24-6-4-5-7-26(24)32-3/h4-10,13,16,20-21,28H,11-12,14-15,17-19H2,1-3H3. The molecule has 2 heterocycles. The number of carbonyl (C=O) groups excluding carboxylic acids is 1. The van der Waals surface area contributed by atoms with Gasteiger partial charge in [-0.2, -0.15) is 0 Å². The molecule has 0 spiro atoms. The minimum atomic E-state index is 0.145. The number of likely N-dealkylation sites (tertiary alicyclic amines) is 1. The Morgan fingerprint density at radius 1 is 1.16 bits per heavy atom. The average Bonchev–Trinajstić information content (AvgIpc) is 3.27. The summed E-state index contributed by atoms with van der Waals surface area (Å²) in [7, 11) is 1.74. The Morgan fingerprint density at radius 3 is 2.69 bits per heavy atom. The van der Waals surface area contributed by atoms with Gasteiger partial charge < -0.3 is 14.6 Å². The summed E-state index contributed by atoms with van der Waals surface area (Å²) < 4.78 is 5.51. The van der Waals surface area contributed by atoms with E-state index in [9.17, 15) is 4.79 Å². The van der Waals surface area contributed by atoms with E-state index in [-0.39, 0.29) is 5.91 Å². The molecule has 0 unspecified atom stereocenters. The van der Waals surface area contributed by atoms with Crippen LogP contribution >= 0.6 is 0 Å². The third-order valence-electron chi connectivity index (χ3n) is 6.45. The molecular weight excluding hydrogens is 398 g/mol. The zero-order chi connectivity index (χ0) is 22.5. The van der Waals surface area contributed by atoms with E-state index in [0.29, 0.717) is 11.8 Å². The number of para-hydroxylation sites is 1. The van der Waals surface area contributed by atoms with Crippen LogP contribution < -0.4 is 4.74 Å². The number of aromatic nitrogens is 1. The first kappa shape index (κ1) is 22.4. The van der Waals surface area contributed by atoms with Crippen LogP contribution in [0, 0.1) is 11.8 Å². The highest BCUT2D eigenvalue weighted by Crippen LogP contribution is 2.25. The van der Waals surface area contributed by atoms with E-state index in [1.807, 2.05) is 42.6 Å². The molecule has 0 saturated carbocycles. The molecule has 1 aliphatic heterocycles. The van der Waals surface area contributed by atoms with E-state index < -0.39 is 0 Å². The van der Waals surface area contributed by atoms with Crippen LogP contribution in [0.5, 0.6) is 5.75 Å². The lowest BCUT2D eigenvalue weighted by Crippen LogP contribution is -2.42. The van der Waals surface area contributed by atoms with Gasteiger partial charge in [-0.25, -0.2) is 0 Å². The predicted octanol–water partition coefficient (Wildman–Crippen LogP) is 5.19. The lowest BCUT2D eigenvalue weighted by Gasteiger charge is -2.35. The number of aromatic amines is 1. The fraction of sp³-hybridized carbons (Fsp3) is 0.444. The number of hydrogen-bond donors (Lipinski definition) is 1. The summed E-state index contributed by atoms with van der Waals surface area (Å²) in [5.41, 5.74) is 3.03. The number of H-pyrrole nitrogens is 1. The summed E-state index contributed by atoms with van der Waals surface area (Å²) in [4.78, 5) is 21.2. The number of nitrogens with one attached hydrogen (secondary N) is 1. The van der Waals surface area contributed by atoms with Gasteiger partial charge in [-0.3, -0.25) is 9.69 Å². The first-order chi connectivity index (χ1) is 15.5. The topological polar surface area (TPSA) is 48.6 Å². The number of piperidine rings is 1. The molecule has 2 aromatic carbocycles. The molecule has 1 saturated heterocycles. The highest BCUT2D eigenvalue weighted by Gasteiger charge is 2.25. The van der Waals surface area contributed by atoms with Crippen LogP contribution in [0.4, 0.5) is 0 Å². The highest BCUT2D eigenvalue weighted by atomic mass is 16.5. The van der Waals surface area contributed by atoms with Crippen molar-refractivity contribution >= 4 is 16.8 Å². The van der Waals surface area contributed by atoms with Gasteiger partial charge in [0.15, 0.2) is 0 Å². The van der Waals surface area contributed by atoms with Crippen molar-refractivity contribution in [2.45, 2.75) is 33.2 Å². The van der Waals surface area contributed by atoms with Crippen molar-refractivity contribution in [2.75, 3.05) is 33.3 Å². The third kappa shape index (κ3) is 5.33. The van der Waals surface area contributed by atoms with Crippen molar-refractivity contribution in [2.24, 2.45) is 11.8 Å². The second kappa shape index (κ2) is 10.2. The predicted molar refractivity (Wildman–Crippen MR) is 130 cm³/mol. The van der Waals surface area contributed by atoms with Crippen molar-refractivity contribution in [3.8, 4) is 5.75 Å². The average molecular weight is 434 g/mol. The lowest BCUT2D eigenvalue weighted by molar-refractivity contribution is 0.0663. The monoisotopic (exact) mass is 433 g/mol. The van der Waals surface area contributed by atoms with Gasteiger partial charge in [0.25, 0.3) is 5.91 Å². The Hall–Kier alpha value is -2.79.